The van der Waals surface area contributed by atoms with Crippen molar-refractivity contribution < 1.29 is 87.5 Å². The van der Waals surface area contributed by atoms with Gasteiger partial charge in [0.05, 0.1) is 31.4 Å². The number of nitrogens with one attached hydrogen (secondary N) is 14. The van der Waals surface area contributed by atoms with E-state index in [1.54, 1.807) is 105 Å². The number of carboxylic acids is 1. The third kappa shape index (κ3) is 29.8. The Balaban J connectivity index is 1.41. The number of Topliss-reactive ketones (excluding diaryl/α,β-unsaturated/α-hetero) is 1. The van der Waals surface area contributed by atoms with Crippen molar-refractivity contribution in [3.8, 4) is 0 Å². The van der Waals surface area contributed by atoms with Gasteiger partial charge in [-0.1, -0.05) is 105 Å². The number of aromatic nitrogens is 1. The van der Waals surface area contributed by atoms with E-state index >= 15 is 14.4 Å². The molecule has 37 heteroatoms. The Labute approximate surface area is 671 Å². The van der Waals surface area contributed by atoms with Gasteiger partial charge in [-0.2, -0.15) is 25.3 Å². The van der Waals surface area contributed by atoms with Crippen molar-refractivity contribution in [1.82, 2.24) is 68.8 Å². The van der Waals surface area contributed by atoms with Crippen molar-refractivity contribution in [1.29, 1.82) is 0 Å². The van der Waals surface area contributed by atoms with Crippen LogP contribution < -0.4 is 86.3 Å². The maximum atomic E-state index is 15.3. The molecule has 1 heterocycles. The number of para-hydroxylation sites is 2. The molecule has 622 valence electrons. The molecule has 15 atom stereocenters. The molecule has 0 radical (unpaired) electrons. The minimum absolute atomic E-state index is 0.0142. The SMILES string of the molecule is CC(C)C(N)C(=O)NCC(=O)N[C@@H](CS)C(=O)N[C@@H](CCCCN)C(=O)N[C@@H](C)C(=O)N[C@@H](Cc1ccccc1)C(=O)N[C@@H](Cc1ccccc1)C(=O)N[C@H](Cc1c[nH]c2ccccc12)C(=O)N[C@@H](CCCCN)C(=O)N[C@H](C(=O)c1ccccc1N[C@H](C)C(=O)N[C@H](C(=O)N[C@@H](CO)C(=O)N[C@@H](CS)C(=O)O)C(C)O)C(C)O. The summed E-state index contributed by atoms with van der Waals surface area (Å²) in [6, 6.07) is 11.1. The highest BCUT2D eigenvalue weighted by molar-refractivity contribution is 7.80. The molecule has 24 N–H and O–H groups in total. The molecule has 0 aliphatic carbocycles. The van der Waals surface area contributed by atoms with Gasteiger partial charge in [-0.3, -0.25) is 62.3 Å². The lowest BCUT2D eigenvalue weighted by atomic mass is 9.97. The van der Waals surface area contributed by atoms with E-state index in [4.69, 9.17) is 17.2 Å². The normalized spacial score (nSPS) is 15.2. The molecule has 0 fully saturated rings. The zero-order valence-electron chi connectivity index (χ0n) is 64.4. The standard InChI is InChI=1S/C77H109N17O18S2/c1-41(2)62(80)75(109)82-37-61(98)85-59(39-113)74(108)87-53(29-17-19-31-78)68(102)84-43(4)66(100)88-55(33-46-21-9-7-10-22-46)70(104)89-56(34-47-23-11-8-12-24-47)71(105)90-57(35-48-36-81-51-27-15-13-25-49(48)51)72(106)86-54(30-18-20-32-79)69(103)93-63(44(5)96)65(99)50-26-14-16-28-52(50)83-42(3)67(101)94-64(45(6)97)76(110)91-58(38-95)73(107)92-60(40-114)77(111)112/h7-16,21-28,36,41-45,53-60,62-64,81,83,95-97,113-114H,17-20,29-35,37-40,78-80H2,1-6H3,(H,82,109)(H,84,102)(H,85,98)(H,86,106)(H,87,108)(H,88,100)(H,89,104)(H,90,105)(H,91,110)(H,92,107)(H,93,103)(H,94,101)(H,111,112)/t42-,43+,44?,45?,53+,54+,55+,56+,57-,58+,59+,60+,62?,63+,64+/m1/s1. The van der Waals surface area contributed by atoms with E-state index in [1.807, 2.05) is 0 Å². The molecule has 35 nitrogen and oxygen atoms in total. The maximum Gasteiger partial charge on any atom is 0.327 e. The fourth-order valence-electron chi connectivity index (χ4n) is 11.7. The van der Waals surface area contributed by atoms with Crippen LogP contribution >= 0.6 is 25.3 Å². The Morgan fingerprint density at radius 1 is 0.439 bits per heavy atom. The molecule has 0 aliphatic heterocycles. The largest absolute Gasteiger partial charge is 0.480 e. The second-order valence-corrected chi connectivity index (χ2v) is 28.6. The number of carbonyl (C=O) groups is 14. The number of anilines is 1. The third-order valence-electron chi connectivity index (χ3n) is 18.4. The summed E-state index contributed by atoms with van der Waals surface area (Å²) in [5.41, 5.74) is 19.7. The number of ketones is 1. The minimum Gasteiger partial charge on any atom is -0.480 e. The first kappa shape index (κ1) is 94.1. The number of aliphatic hydroxyl groups excluding tert-OH is 3. The number of aliphatic hydroxyl groups is 3. The van der Waals surface area contributed by atoms with Gasteiger partial charge in [0.1, 0.15) is 72.5 Å². The van der Waals surface area contributed by atoms with E-state index in [-0.39, 0.29) is 80.3 Å². The molecule has 0 aliphatic rings. The van der Waals surface area contributed by atoms with Crippen LogP contribution in [0.25, 0.3) is 10.9 Å². The van der Waals surface area contributed by atoms with Crippen molar-refractivity contribution in [2.45, 2.75) is 190 Å². The number of hydrogen-bond donors (Lipinski definition) is 23. The average Bonchev–Trinajstić information content (AvgIpc) is 1.43. The molecule has 12 amide bonds. The Morgan fingerprint density at radius 2 is 0.868 bits per heavy atom. The van der Waals surface area contributed by atoms with Crippen LogP contribution in [-0.2, 0) is 81.6 Å². The van der Waals surface area contributed by atoms with Crippen LogP contribution in [0.2, 0.25) is 0 Å². The van der Waals surface area contributed by atoms with Crippen LogP contribution in [0, 0.1) is 5.92 Å². The average molecular weight is 1620 g/mol. The number of benzene rings is 4. The van der Waals surface area contributed by atoms with Gasteiger partial charge in [0.2, 0.25) is 70.9 Å². The molecule has 5 rings (SSSR count). The van der Waals surface area contributed by atoms with Crippen molar-refractivity contribution in [2.75, 3.05) is 43.1 Å². The lowest BCUT2D eigenvalue weighted by Gasteiger charge is -2.28. The quantitative estimate of drug-likeness (QED) is 0.0107. The number of fused-ring (bicyclic) bond motifs is 1. The Kier molecular flexibility index (Phi) is 39.5. The smallest absolute Gasteiger partial charge is 0.327 e. The number of H-pyrrole nitrogens is 1. The number of nitrogens with two attached hydrogens (primary N) is 3. The number of aromatic amines is 1. The van der Waals surface area contributed by atoms with Crippen molar-refractivity contribution in [3.05, 3.63) is 138 Å². The zero-order valence-corrected chi connectivity index (χ0v) is 66.2. The number of amides is 12. The van der Waals surface area contributed by atoms with Crippen LogP contribution in [-0.4, -0.2) is 237 Å². The highest BCUT2D eigenvalue weighted by Gasteiger charge is 2.38. The summed E-state index contributed by atoms with van der Waals surface area (Å²) in [6.45, 7) is 7.42. The number of rotatable bonds is 49. The first-order valence-electron chi connectivity index (χ1n) is 37.5. The van der Waals surface area contributed by atoms with Crippen LogP contribution in [0.1, 0.15) is 107 Å². The van der Waals surface area contributed by atoms with Crippen LogP contribution in [0.3, 0.4) is 0 Å². The minimum atomic E-state index is -1.76. The summed E-state index contributed by atoms with van der Waals surface area (Å²) < 4.78 is 0. The second-order valence-electron chi connectivity index (χ2n) is 27.9. The number of carbonyl (C=O) groups excluding carboxylic acids is 13. The highest BCUT2D eigenvalue weighted by atomic mass is 32.1. The first-order valence-corrected chi connectivity index (χ1v) is 38.7. The molecule has 0 bridgehead atoms. The third-order valence-corrected chi connectivity index (χ3v) is 19.2. The van der Waals surface area contributed by atoms with Crippen molar-refractivity contribution in [2.24, 2.45) is 23.1 Å². The lowest BCUT2D eigenvalue weighted by Crippen LogP contribution is -2.61. The molecule has 4 aromatic carbocycles. The molecule has 1 aromatic heterocycles. The Morgan fingerprint density at radius 3 is 1.38 bits per heavy atom. The molecule has 5 aromatic rings. The number of hydrogen-bond acceptors (Lipinski definition) is 23. The topological polar surface area (TPSA) is 570 Å². The number of thiol groups is 2. The molecule has 0 saturated carbocycles. The second kappa shape index (κ2) is 47.9. The fourth-order valence-corrected chi connectivity index (χ4v) is 12.2. The van der Waals surface area contributed by atoms with Gasteiger partial charge in [-0.25, -0.2) is 4.79 Å². The summed E-state index contributed by atoms with van der Waals surface area (Å²) >= 11 is 8.12. The van der Waals surface area contributed by atoms with Gasteiger partial charge in [0.25, 0.3) is 0 Å². The molecule has 0 spiro atoms. The first-order chi connectivity index (χ1) is 54.2. The zero-order chi connectivity index (χ0) is 84.3. The van der Waals surface area contributed by atoms with Gasteiger partial charge in [0, 0.05) is 59.1 Å². The molecular weight excluding hydrogens is 1520 g/mol. The molecule has 114 heavy (non-hydrogen) atoms. The van der Waals surface area contributed by atoms with Gasteiger partial charge >= 0.3 is 5.97 Å². The van der Waals surface area contributed by atoms with E-state index in [2.05, 4.69) is 99.4 Å². The lowest BCUT2D eigenvalue weighted by molar-refractivity contribution is -0.142. The molecular formula is C77H109N17O18S2. The predicted molar refractivity (Wildman–Crippen MR) is 430 cm³/mol. The van der Waals surface area contributed by atoms with Crippen molar-refractivity contribution in [3.63, 3.8) is 0 Å². The van der Waals surface area contributed by atoms with E-state index < -0.39 is 187 Å². The summed E-state index contributed by atoms with van der Waals surface area (Å²) in [4.78, 5) is 197. The summed E-state index contributed by atoms with van der Waals surface area (Å²) in [7, 11) is 0. The summed E-state index contributed by atoms with van der Waals surface area (Å²) in [6.07, 6.45) is -0.841. The fraction of sp³-hybridized carbons (Fsp3) is 0.481. The molecule has 3 unspecified atom stereocenters. The van der Waals surface area contributed by atoms with Gasteiger partial charge in [-0.05, 0) is 120 Å². The van der Waals surface area contributed by atoms with Gasteiger partial charge in [0.15, 0.2) is 5.78 Å². The van der Waals surface area contributed by atoms with Crippen LogP contribution in [0.5, 0.6) is 0 Å². The monoisotopic (exact) mass is 1620 g/mol. The van der Waals surface area contributed by atoms with Gasteiger partial charge in [-0.15, -0.1) is 0 Å². The number of unbranched alkanes of at least 4 members (excludes halogenated alkanes) is 2. The summed E-state index contributed by atoms with van der Waals surface area (Å²) in [5, 5.41) is 75.2. The molecule has 0 saturated heterocycles. The van der Waals surface area contributed by atoms with E-state index in [9.17, 15) is 73.2 Å². The van der Waals surface area contributed by atoms with Crippen LogP contribution in [0.15, 0.2) is 115 Å². The van der Waals surface area contributed by atoms with Gasteiger partial charge < -0.3 is 112 Å². The Bertz CT molecular complexity index is 4070. The predicted octanol–water partition coefficient (Wildman–Crippen LogP) is -2.71. The van der Waals surface area contributed by atoms with E-state index in [0.29, 0.717) is 46.9 Å². The summed E-state index contributed by atoms with van der Waals surface area (Å²) in [5.74, 6) is -13.7. The Hall–Kier alpha value is -10.5. The maximum absolute atomic E-state index is 15.3. The van der Waals surface area contributed by atoms with Crippen LogP contribution in [0.4, 0.5) is 5.69 Å². The number of carboxylic acid groups (broad SMARTS) is 1. The van der Waals surface area contributed by atoms with Crippen molar-refractivity contribution >= 4 is 124 Å². The number of aliphatic carboxylic acids is 1. The van der Waals surface area contributed by atoms with E-state index in [1.165, 1.54) is 45.0 Å². The van der Waals surface area contributed by atoms with E-state index in [0.717, 1.165) is 6.92 Å². The highest BCUT2D eigenvalue weighted by Crippen LogP contribution is 2.23.